The Bertz CT molecular complexity index is 740. The number of halogens is 2. The summed E-state index contributed by atoms with van der Waals surface area (Å²) in [6.45, 7) is 1.82. The van der Waals surface area contributed by atoms with E-state index in [1.807, 2.05) is 0 Å². The van der Waals surface area contributed by atoms with E-state index in [9.17, 15) is 18.9 Å². The van der Waals surface area contributed by atoms with Crippen LogP contribution in [0.5, 0.6) is 11.5 Å². The van der Waals surface area contributed by atoms with E-state index >= 15 is 0 Å². The first-order chi connectivity index (χ1) is 11.4. The number of hydrogen-bond donors (Lipinski definition) is 0. The molecule has 0 unspecified atom stereocenters. The van der Waals surface area contributed by atoms with Crippen molar-refractivity contribution in [1.82, 2.24) is 0 Å². The van der Waals surface area contributed by atoms with Crippen LogP contribution in [-0.2, 0) is 6.61 Å². The molecular formula is C16H15F2NO4S. The Morgan fingerprint density at radius 2 is 2.00 bits per heavy atom. The number of thioether (sulfide) groups is 1. The van der Waals surface area contributed by atoms with Gasteiger partial charge in [-0.15, -0.1) is 0 Å². The van der Waals surface area contributed by atoms with Crippen molar-refractivity contribution in [1.29, 1.82) is 0 Å². The Morgan fingerprint density at radius 1 is 1.25 bits per heavy atom. The maximum atomic E-state index is 12.5. The molecule has 0 fully saturated rings. The maximum absolute atomic E-state index is 12.5. The number of ether oxygens (including phenoxy) is 2. The van der Waals surface area contributed by atoms with E-state index in [0.29, 0.717) is 33.7 Å². The fourth-order valence-electron chi connectivity index (χ4n) is 2.08. The highest BCUT2D eigenvalue weighted by Crippen LogP contribution is 2.34. The largest absolute Gasteiger partial charge is 0.496 e. The smallest absolute Gasteiger partial charge is 0.289 e. The molecule has 0 heterocycles. The van der Waals surface area contributed by atoms with Crippen molar-refractivity contribution >= 4 is 17.4 Å². The molecule has 0 N–H and O–H groups in total. The van der Waals surface area contributed by atoms with Crippen LogP contribution in [0.2, 0.25) is 0 Å². The number of alkyl halides is 2. The van der Waals surface area contributed by atoms with Crippen molar-refractivity contribution in [3.8, 4) is 11.5 Å². The third-order valence-electron chi connectivity index (χ3n) is 3.21. The third kappa shape index (κ3) is 4.58. The number of hydrogen-bond acceptors (Lipinski definition) is 5. The summed E-state index contributed by atoms with van der Waals surface area (Å²) < 4.78 is 35.6. The average molecular weight is 355 g/mol. The van der Waals surface area contributed by atoms with Gasteiger partial charge in [-0.3, -0.25) is 10.1 Å². The minimum absolute atomic E-state index is 0.0254. The topological polar surface area (TPSA) is 61.6 Å². The van der Waals surface area contributed by atoms with Gasteiger partial charge in [-0.25, -0.2) is 0 Å². The highest BCUT2D eigenvalue weighted by molar-refractivity contribution is 7.99. The fourth-order valence-corrected chi connectivity index (χ4v) is 2.68. The second-order valence-corrected chi connectivity index (χ2v) is 5.89. The van der Waals surface area contributed by atoms with E-state index in [2.05, 4.69) is 0 Å². The van der Waals surface area contributed by atoms with Gasteiger partial charge in [0.1, 0.15) is 18.1 Å². The van der Waals surface area contributed by atoms with Crippen LogP contribution in [0, 0.1) is 17.0 Å². The Kier molecular flexibility index (Phi) is 5.97. The molecule has 5 nitrogen and oxygen atoms in total. The predicted molar refractivity (Wildman–Crippen MR) is 87.0 cm³/mol. The van der Waals surface area contributed by atoms with Crippen LogP contribution in [0.15, 0.2) is 41.3 Å². The van der Waals surface area contributed by atoms with Gasteiger partial charge in [0, 0.05) is 11.6 Å². The van der Waals surface area contributed by atoms with Crippen LogP contribution in [0.1, 0.15) is 11.1 Å². The normalized spacial score (nSPS) is 10.7. The van der Waals surface area contributed by atoms with E-state index in [0.717, 1.165) is 5.56 Å². The van der Waals surface area contributed by atoms with Gasteiger partial charge in [-0.2, -0.15) is 8.78 Å². The van der Waals surface area contributed by atoms with Crippen molar-refractivity contribution < 1.29 is 23.2 Å². The molecule has 0 atom stereocenters. The van der Waals surface area contributed by atoms with Gasteiger partial charge in [0.2, 0.25) is 0 Å². The van der Waals surface area contributed by atoms with Gasteiger partial charge in [-0.05, 0) is 36.8 Å². The standard InChI is InChI=1S/C16H15F2NO4S/c1-10-7-12(4-5-13(10)19(20)21)23-9-11-3-6-15(24-16(17)18)14(8-11)22-2/h3-8,16H,9H2,1-2H3. The van der Waals surface area contributed by atoms with Gasteiger partial charge in [0.25, 0.3) is 11.4 Å². The molecule has 0 aliphatic carbocycles. The zero-order valence-corrected chi connectivity index (χ0v) is 13.8. The van der Waals surface area contributed by atoms with Crippen molar-refractivity contribution in [3.63, 3.8) is 0 Å². The van der Waals surface area contributed by atoms with E-state index in [1.165, 1.54) is 19.2 Å². The average Bonchev–Trinajstić information content (AvgIpc) is 2.53. The van der Waals surface area contributed by atoms with Crippen molar-refractivity contribution in [3.05, 3.63) is 57.6 Å². The van der Waals surface area contributed by atoms with Crippen LogP contribution < -0.4 is 9.47 Å². The Morgan fingerprint density at radius 3 is 2.58 bits per heavy atom. The molecule has 0 amide bonds. The first-order valence-corrected chi connectivity index (χ1v) is 7.78. The van der Waals surface area contributed by atoms with E-state index in [1.54, 1.807) is 31.2 Å². The van der Waals surface area contributed by atoms with E-state index < -0.39 is 10.7 Å². The summed E-state index contributed by atoms with van der Waals surface area (Å²) in [4.78, 5) is 10.7. The molecule has 2 aromatic rings. The van der Waals surface area contributed by atoms with Crippen LogP contribution in [0.25, 0.3) is 0 Å². The van der Waals surface area contributed by atoms with Crippen molar-refractivity contribution in [2.45, 2.75) is 24.2 Å². The van der Waals surface area contributed by atoms with Gasteiger partial charge in [0.05, 0.1) is 16.9 Å². The molecular weight excluding hydrogens is 340 g/mol. The summed E-state index contributed by atoms with van der Waals surface area (Å²) in [6.07, 6.45) is 0. The van der Waals surface area contributed by atoms with Gasteiger partial charge in [0.15, 0.2) is 0 Å². The van der Waals surface area contributed by atoms with Crippen LogP contribution in [0.3, 0.4) is 0 Å². The number of methoxy groups -OCH3 is 1. The molecule has 8 heteroatoms. The lowest BCUT2D eigenvalue weighted by Gasteiger charge is -2.11. The first-order valence-electron chi connectivity index (χ1n) is 6.90. The molecule has 0 bridgehead atoms. The number of nitro groups is 1. The molecule has 2 rings (SSSR count). The van der Waals surface area contributed by atoms with Crippen LogP contribution in [-0.4, -0.2) is 17.8 Å². The van der Waals surface area contributed by atoms with Crippen LogP contribution >= 0.6 is 11.8 Å². The molecule has 2 aromatic carbocycles. The lowest BCUT2D eigenvalue weighted by atomic mass is 10.2. The van der Waals surface area contributed by atoms with Crippen molar-refractivity contribution in [2.24, 2.45) is 0 Å². The predicted octanol–water partition coefficient (Wildman–Crippen LogP) is 4.81. The van der Waals surface area contributed by atoms with Gasteiger partial charge < -0.3 is 9.47 Å². The molecule has 24 heavy (non-hydrogen) atoms. The quantitative estimate of drug-likeness (QED) is 0.405. The summed E-state index contributed by atoms with van der Waals surface area (Å²) in [7, 11) is 1.41. The van der Waals surface area contributed by atoms with Gasteiger partial charge in [-0.1, -0.05) is 17.8 Å². The molecule has 0 radical (unpaired) electrons. The Hall–Kier alpha value is -2.35. The summed E-state index contributed by atoms with van der Waals surface area (Å²) in [5, 5.41) is 10.8. The number of nitrogens with zero attached hydrogens (tertiary/aromatic N) is 1. The van der Waals surface area contributed by atoms with Crippen molar-refractivity contribution in [2.75, 3.05) is 7.11 Å². The van der Waals surface area contributed by atoms with Gasteiger partial charge >= 0.3 is 0 Å². The second kappa shape index (κ2) is 7.96. The third-order valence-corrected chi connectivity index (χ3v) is 3.98. The molecule has 0 aliphatic heterocycles. The molecule has 0 saturated carbocycles. The minimum Gasteiger partial charge on any atom is -0.496 e. The maximum Gasteiger partial charge on any atom is 0.289 e. The zero-order chi connectivity index (χ0) is 17.7. The monoisotopic (exact) mass is 355 g/mol. The Balaban J connectivity index is 2.09. The first kappa shape index (κ1) is 18.0. The molecule has 0 aromatic heterocycles. The van der Waals surface area contributed by atoms with E-state index in [-0.39, 0.29) is 12.3 Å². The highest BCUT2D eigenvalue weighted by Gasteiger charge is 2.13. The van der Waals surface area contributed by atoms with E-state index in [4.69, 9.17) is 9.47 Å². The summed E-state index contributed by atoms with van der Waals surface area (Å²) in [5.74, 6) is -1.69. The number of nitro benzene ring substituents is 1. The lowest BCUT2D eigenvalue weighted by molar-refractivity contribution is -0.385. The summed E-state index contributed by atoms with van der Waals surface area (Å²) in [5.41, 5.74) is 1.26. The number of aryl methyl sites for hydroxylation is 1. The summed E-state index contributed by atoms with van der Waals surface area (Å²) >= 11 is 0.416. The number of rotatable bonds is 7. The second-order valence-electron chi connectivity index (χ2n) is 4.86. The molecule has 0 spiro atoms. The lowest BCUT2D eigenvalue weighted by Crippen LogP contribution is -1.98. The molecule has 0 saturated heterocycles. The fraction of sp³-hybridized carbons (Fsp3) is 0.250. The Labute approximate surface area is 141 Å². The molecule has 128 valence electrons. The van der Waals surface area contributed by atoms with Crippen LogP contribution in [0.4, 0.5) is 14.5 Å². The molecule has 0 aliphatic rings. The minimum atomic E-state index is -2.52. The SMILES string of the molecule is COc1cc(COc2ccc([N+](=O)[O-])c(C)c2)ccc1SC(F)F. The summed E-state index contributed by atoms with van der Waals surface area (Å²) in [6, 6.07) is 9.33. The highest BCUT2D eigenvalue weighted by atomic mass is 32.2. The number of benzene rings is 2. The zero-order valence-electron chi connectivity index (χ0n) is 13.0.